The van der Waals surface area contributed by atoms with E-state index in [9.17, 15) is 9.59 Å². The zero-order chi connectivity index (χ0) is 12.7. The maximum Gasteiger partial charge on any atom is 0.312 e. The van der Waals surface area contributed by atoms with E-state index in [0.717, 1.165) is 31.4 Å². The van der Waals surface area contributed by atoms with Crippen molar-refractivity contribution in [3.63, 3.8) is 0 Å². The molecule has 0 atom stereocenters. The molecule has 0 aromatic heterocycles. The molecular weight excluding hydrogens is 236 g/mol. The Bertz CT molecular complexity index is 271. The highest BCUT2D eigenvalue weighted by Crippen LogP contribution is 2.08. The molecule has 1 aliphatic heterocycles. The fourth-order valence-corrected chi connectivity index (χ4v) is 2.22. The standard InChI is InChI=1S/C12H22N2O2S/c1-2-13-8-9-14(12(16)11(13)15)7-5-3-4-6-10-17/h17H,2-10H2,1H3. The van der Waals surface area contributed by atoms with Crippen LogP contribution in [0.5, 0.6) is 0 Å². The number of unbranched alkanes of at least 4 members (excludes halogenated alkanes) is 3. The SMILES string of the molecule is CCN1CCN(CCCCCCS)C(=O)C1=O. The summed E-state index contributed by atoms with van der Waals surface area (Å²) in [6.45, 7) is 4.61. The molecule has 2 amide bonds. The van der Waals surface area contributed by atoms with Crippen LogP contribution in [0.1, 0.15) is 32.6 Å². The molecule has 1 heterocycles. The molecule has 17 heavy (non-hydrogen) atoms. The zero-order valence-corrected chi connectivity index (χ0v) is 11.4. The van der Waals surface area contributed by atoms with Crippen LogP contribution in [0.3, 0.4) is 0 Å². The Balaban J connectivity index is 2.26. The van der Waals surface area contributed by atoms with Gasteiger partial charge in [-0.1, -0.05) is 12.8 Å². The number of thiol groups is 1. The van der Waals surface area contributed by atoms with Crippen LogP contribution in [-0.2, 0) is 9.59 Å². The quantitative estimate of drug-likeness (QED) is 0.423. The van der Waals surface area contributed by atoms with Gasteiger partial charge in [-0.25, -0.2) is 0 Å². The van der Waals surface area contributed by atoms with Crippen molar-refractivity contribution in [2.24, 2.45) is 0 Å². The Kier molecular flexibility index (Phi) is 6.40. The number of piperazine rings is 1. The van der Waals surface area contributed by atoms with E-state index in [2.05, 4.69) is 12.6 Å². The van der Waals surface area contributed by atoms with E-state index in [4.69, 9.17) is 0 Å². The summed E-state index contributed by atoms with van der Waals surface area (Å²) < 4.78 is 0. The largest absolute Gasteiger partial charge is 0.333 e. The van der Waals surface area contributed by atoms with Crippen molar-refractivity contribution in [2.45, 2.75) is 32.6 Å². The highest BCUT2D eigenvalue weighted by molar-refractivity contribution is 7.80. The molecule has 0 spiro atoms. The average molecular weight is 258 g/mol. The summed E-state index contributed by atoms with van der Waals surface area (Å²) in [5, 5.41) is 0. The van der Waals surface area contributed by atoms with E-state index in [1.54, 1.807) is 9.80 Å². The minimum absolute atomic E-state index is 0.327. The van der Waals surface area contributed by atoms with E-state index in [1.807, 2.05) is 6.92 Å². The lowest BCUT2D eigenvalue weighted by molar-refractivity contribution is -0.155. The lowest BCUT2D eigenvalue weighted by atomic mass is 10.2. The van der Waals surface area contributed by atoms with Gasteiger partial charge in [0.25, 0.3) is 0 Å². The first kappa shape index (κ1) is 14.4. The molecule has 5 heteroatoms. The molecule has 1 fully saturated rings. The summed E-state index contributed by atoms with van der Waals surface area (Å²) in [5.41, 5.74) is 0. The van der Waals surface area contributed by atoms with E-state index in [-0.39, 0.29) is 11.8 Å². The van der Waals surface area contributed by atoms with Gasteiger partial charge in [-0.2, -0.15) is 12.6 Å². The second-order valence-electron chi connectivity index (χ2n) is 4.31. The number of hydrogen-bond donors (Lipinski definition) is 1. The Labute approximate surface area is 109 Å². The summed E-state index contributed by atoms with van der Waals surface area (Å²) in [4.78, 5) is 26.7. The van der Waals surface area contributed by atoms with Crippen molar-refractivity contribution >= 4 is 24.4 Å². The Hall–Kier alpha value is -0.710. The van der Waals surface area contributed by atoms with Gasteiger partial charge in [0.15, 0.2) is 0 Å². The molecule has 0 unspecified atom stereocenters. The van der Waals surface area contributed by atoms with Crippen LogP contribution in [0.15, 0.2) is 0 Å². The molecule has 0 radical (unpaired) electrons. The number of carbonyl (C=O) groups is 2. The number of hydrogen-bond acceptors (Lipinski definition) is 3. The van der Waals surface area contributed by atoms with Crippen LogP contribution in [0.25, 0.3) is 0 Å². The molecule has 0 saturated carbocycles. The van der Waals surface area contributed by atoms with Gasteiger partial charge in [-0.3, -0.25) is 9.59 Å². The maximum atomic E-state index is 11.7. The van der Waals surface area contributed by atoms with E-state index < -0.39 is 0 Å². The van der Waals surface area contributed by atoms with Crippen LogP contribution >= 0.6 is 12.6 Å². The molecule has 0 aromatic carbocycles. The molecule has 4 nitrogen and oxygen atoms in total. The van der Waals surface area contributed by atoms with Gasteiger partial charge >= 0.3 is 11.8 Å². The minimum Gasteiger partial charge on any atom is -0.333 e. The van der Waals surface area contributed by atoms with Gasteiger partial charge in [0.05, 0.1) is 0 Å². The van der Waals surface area contributed by atoms with Crippen LogP contribution < -0.4 is 0 Å². The predicted molar refractivity (Wildman–Crippen MR) is 71.2 cm³/mol. The fraction of sp³-hybridized carbons (Fsp3) is 0.833. The van der Waals surface area contributed by atoms with Gasteiger partial charge in [0, 0.05) is 26.2 Å². The van der Waals surface area contributed by atoms with Crippen LogP contribution in [0.4, 0.5) is 0 Å². The van der Waals surface area contributed by atoms with Crippen molar-refractivity contribution < 1.29 is 9.59 Å². The van der Waals surface area contributed by atoms with Gasteiger partial charge in [0.2, 0.25) is 0 Å². The first-order chi connectivity index (χ1) is 8.20. The molecule has 1 rings (SSSR count). The predicted octanol–water partition coefficient (Wildman–Crippen LogP) is 1.17. The van der Waals surface area contributed by atoms with Crippen molar-refractivity contribution in [3.05, 3.63) is 0 Å². The van der Waals surface area contributed by atoms with Crippen molar-refractivity contribution in [3.8, 4) is 0 Å². The van der Waals surface area contributed by atoms with Crippen LogP contribution in [-0.4, -0.2) is 53.5 Å². The smallest absolute Gasteiger partial charge is 0.312 e. The van der Waals surface area contributed by atoms with Crippen molar-refractivity contribution in [2.75, 3.05) is 31.9 Å². The molecule has 1 aliphatic rings. The lowest BCUT2D eigenvalue weighted by Crippen LogP contribution is -2.54. The Morgan fingerprint density at radius 2 is 1.59 bits per heavy atom. The summed E-state index contributed by atoms with van der Waals surface area (Å²) in [6, 6.07) is 0. The number of rotatable bonds is 7. The highest BCUT2D eigenvalue weighted by atomic mass is 32.1. The highest BCUT2D eigenvalue weighted by Gasteiger charge is 2.30. The Morgan fingerprint density at radius 1 is 1.00 bits per heavy atom. The second kappa shape index (κ2) is 7.58. The number of amides is 2. The van der Waals surface area contributed by atoms with Gasteiger partial charge in [-0.15, -0.1) is 0 Å². The third-order valence-electron chi connectivity index (χ3n) is 3.12. The minimum atomic E-state index is -0.339. The topological polar surface area (TPSA) is 40.6 Å². The average Bonchev–Trinajstić information content (AvgIpc) is 2.34. The third-order valence-corrected chi connectivity index (χ3v) is 3.43. The van der Waals surface area contributed by atoms with Gasteiger partial charge in [0.1, 0.15) is 0 Å². The molecule has 0 N–H and O–H groups in total. The summed E-state index contributed by atoms with van der Waals surface area (Å²) in [7, 11) is 0. The Morgan fingerprint density at radius 3 is 2.24 bits per heavy atom. The molecule has 98 valence electrons. The van der Waals surface area contributed by atoms with E-state index in [1.165, 1.54) is 0 Å². The molecule has 1 saturated heterocycles. The molecule has 0 aromatic rings. The monoisotopic (exact) mass is 258 g/mol. The first-order valence-corrected chi connectivity index (χ1v) is 7.03. The normalized spacial score (nSPS) is 16.8. The third kappa shape index (κ3) is 4.22. The van der Waals surface area contributed by atoms with E-state index in [0.29, 0.717) is 26.2 Å². The van der Waals surface area contributed by atoms with Gasteiger partial charge < -0.3 is 9.80 Å². The van der Waals surface area contributed by atoms with Gasteiger partial charge in [-0.05, 0) is 25.5 Å². The van der Waals surface area contributed by atoms with Crippen LogP contribution in [0, 0.1) is 0 Å². The number of nitrogens with zero attached hydrogens (tertiary/aromatic N) is 2. The first-order valence-electron chi connectivity index (χ1n) is 6.39. The summed E-state index contributed by atoms with van der Waals surface area (Å²) in [5.74, 6) is 0.258. The molecule has 0 bridgehead atoms. The van der Waals surface area contributed by atoms with Crippen molar-refractivity contribution in [1.29, 1.82) is 0 Å². The van der Waals surface area contributed by atoms with Crippen molar-refractivity contribution in [1.82, 2.24) is 9.80 Å². The van der Waals surface area contributed by atoms with E-state index >= 15 is 0 Å². The van der Waals surface area contributed by atoms with Crippen LogP contribution in [0.2, 0.25) is 0 Å². The maximum absolute atomic E-state index is 11.7. The zero-order valence-electron chi connectivity index (χ0n) is 10.5. The number of carbonyl (C=O) groups excluding carboxylic acids is 2. The summed E-state index contributed by atoms with van der Waals surface area (Å²) in [6.07, 6.45) is 4.37. The second-order valence-corrected chi connectivity index (χ2v) is 4.76. The molecule has 0 aliphatic carbocycles. The fourth-order valence-electron chi connectivity index (χ4n) is 2.00. The summed E-state index contributed by atoms with van der Waals surface area (Å²) >= 11 is 4.16. The number of likely N-dealkylation sites (N-methyl/N-ethyl adjacent to an activating group) is 1. The molecular formula is C12H22N2O2S. The lowest BCUT2D eigenvalue weighted by Gasteiger charge is -2.33.